The molecule has 2 aromatic rings. The average Bonchev–Trinajstić information content (AvgIpc) is 2.69. The van der Waals surface area contributed by atoms with Gasteiger partial charge in [-0.2, -0.15) is 0 Å². The first-order valence-electron chi connectivity index (χ1n) is 9.61. The number of benzene rings is 2. The Kier molecular flexibility index (Phi) is 6.23. The van der Waals surface area contributed by atoms with Crippen LogP contribution in [0.1, 0.15) is 42.1 Å². The Morgan fingerprint density at radius 2 is 1.69 bits per heavy atom. The van der Waals surface area contributed by atoms with Crippen LogP contribution in [0.2, 0.25) is 0 Å². The molecule has 0 aliphatic carbocycles. The first-order valence-corrected chi connectivity index (χ1v) is 9.61. The fourth-order valence-corrected chi connectivity index (χ4v) is 4.21. The van der Waals surface area contributed by atoms with E-state index in [2.05, 4.69) is 43.0 Å². The molecule has 0 bridgehead atoms. The minimum Gasteiger partial charge on any atom is -0.395 e. The third-order valence-electron chi connectivity index (χ3n) is 5.69. The predicted molar refractivity (Wildman–Crippen MR) is 105 cm³/mol. The molecule has 138 valence electrons. The summed E-state index contributed by atoms with van der Waals surface area (Å²) >= 11 is 0. The molecule has 3 rings (SSSR count). The smallest absolute Gasteiger partial charge is 0.167 e. The van der Waals surface area contributed by atoms with Gasteiger partial charge in [-0.05, 0) is 30.4 Å². The summed E-state index contributed by atoms with van der Waals surface area (Å²) in [5, 5.41) is 9.85. The summed E-state index contributed by atoms with van der Waals surface area (Å²) in [6.45, 7) is 6.04. The highest BCUT2D eigenvalue weighted by Crippen LogP contribution is 2.36. The lowest BCUT2D eigenvalue weighted by molar-refractivity contribution is 0.0417. The number of hydrogen-bond donors (Lipinski definition) is 1. The van der Waals surface area contributed by atoms with Crippen molar-refractivity contribution in [1.29, 1.82) is 0 Å². The second-order valence-corrected chi connectivity index (χ2v) is 7.63. The van der Waals surface area contributed by atoms with Crippen molar-refractivity contribution in [3.05, 3.63) is 71.8 Å². The zero-order chi connectivity index (χ0) is 18.5. The van der Waals surface area contributed by atoms with Gasteiger partial charge in [0.05, 0.1) is 6.61 Å². The molecule has 2 aromatic carbocycles. The molecular weight excluding hydrogens is 322 g/mol. The number of Topliss-reactive ketones (excluding diaryl/α,β-unsaturated/α-hetero) is 1. The van der Waals surface area contributed by atoms with Gasteiger partial charge < -0.3 is 5.11 Å². The standard InChI is InChI=1S/C23H29NO2/c1-17(2)22(16-25)24-14-13-20(18-9-5-3-6-10-18)21(15-24)23(26)19-11-7-4-8-12-19/h3-12,17,20-22,25H,13-16H2,1-2H3/t20-,21-,22?/m1/s1. The van der Waals surface area contributed by atoms with E-state index in [-0.39, 0.29) is 30.3 Å². The lowest BCUT2D eigenvalue weighted by atomic mass is 9.76. The second kappa shape index (κ2) is 8.61. The molecule has 3 heteroatoms. The van der Waals surface area contributed by atoms with Crippen molar-refractivity contribution < 1.29 is 9.90 Å². The molecule has 1 N–H and O–H groups in total. The molecule has 0 aromatic heterocycles. The number of aliphatic hydroxyl groups excluding tert-OH is 1. The van der Waals surface area contributed by atoms with Gasteiger partial charge >= 0.3 is 0 Å². The Hall–Kier alpha value is -1.97. The van der Waals surface area contributed by atoms with E-state index < -0.39 is 0 Å². The number of ketones is 1. The molecule has 1 heterocycles. The predicted octanol–water partition coefficient (Wildman–Crippen LogP) is 3.99. The fourth-order valence-electron chi connectivity index (χ4n) is 4.21. The van der Waals surface area contributed by atoms with Gasteiger partial charge in [0.2, 0.25) is 0 Å². The minimum absolute atomic E-state index is 0.0821. The van der Waals surface area contributed by atoms with Crippen molar-refractivity contribution in [1.82, 2.24) is 4.90 Å². The van der Waals surface area contributed by atoms with Crippen LogP contribution in [0.4, 0.5) is 0 Å². The lowest BCUT2D eigenvalue weighted by Gasteiger charge is -2.42. The summed E-state index contributed by atoms with van der Waals surface area (Å²) in [4.78, 5) is 15.6. The number of nitrogens with zero attached hydrogens (tertiary/aromatic N) is 1. The number of piperidine rings is 1. The van der Waals surface area contributed by atoms with Gasteiger partial charge in [-0.1, -0.05) is 74.5 Å². The molecule has 3 nitrogen and oxygen atoms in total. The van der Waals surface area contributed by atoms with Crippen LogP contribution in [0.25, 0.3) is 0 Å². The summed E-state index contributed by atoms with van der Waals surface area (Å²) in [5.74, 6) is 0.721. The third-order valence-corrected chi connectivity index (χ3v) is 5.69. The maximum atomic E-state index is 13.3. The molecule has 0 spiro atoms. The van der Waals surface area contributed by atoms with Crippen LogP contribution in [-0.4, -0.2) is 41.5 Å². The molecule has 1 unspecified atom stereocenters. The zero-order valence-corrected chi connectivity index (χ0v) is 15.7. The van der Waals surface area contributed by atoms with Gasteiger partial charge in [0.1, 0.15) is 0 Å². The number of rotatable bonds is 6. The highest BCUT2D eigenvalue weighted by atomic mass is 16.3. The summed E-state index contributed by atoms with van der Waals surface area (Å²) in [6.07, 6.45) is 0.941. The fraction of sp³-hybridized carbons (Fsp3) is 0.435. The van der Waals surface area contributed by atoms with E-state index >= 15 is 0 Å². The van der Waals surface area contributed by atoms with Crippen LogP contribution >= 0.6 is 0 Å². The SMILES string of the molecule is CC(C)C(CO)N1CC[C@H](c2ccccc2)[C@H](C(=O)c2ccccc2)C1. The number of carbonyl (C=O) groups excluding carboxylic acids is 1. The van der Waals surface area contributed by atoms with Crippen molar-refractivity contribution in [2.45, 2.75) is 32.2 Å². The van der Waals surface area contributed by atoms with Gasteiger partial charge in [0, 0.05) is 24.1 Å². The Morgan fingerprint density at radius 3 is 2.27 bits per heavy atom. The molecule has 1 fully saturated rings. The van der Waals surface area contributed by atoms with Crippen LogP contribution in [0.3, 0.4) is 0 Å². The van der Waals surface area contributed by atoms with Crippen LogP contribution in [0, 0.1) is 11.8 Å². The van der Waals surface area contributed by atoms with Gasteiger partial charge in [0.15, 0.2) is 5.78 Å². The average molecular weight is 351 g/mol. The number of likely N-dealkylation sites (tertiary alicyclic amines) is 1. The molecule has 1 aliphatic heterocycles. The third kappa shape index (κ3) is 4.05. The van der Waals surface area contributed by atoms with Gasteiger partial charge in [-0.15, -0.1) is 0 Å². The Morgan fingerprint density at radius 1 is 1.08 bits per heavy atom. The highest BCUT2D eigenvalue weighted by molar-refractivity contribution is 5.98. The number of carbonyl (C=O) groups is 1. The highest BCUT2D eigenvalue weighted by Gasteiger charge is 2.38. The summed E-state index contributed by atoms with van der Waals surface area (Å²) in [7, 11) is 0. The summed E-state index contributed by atoms with van der Waals surface area (Å²) < 4.78 is 0. The van der Waals surface area contributed by atoms with E-state index in [1.807, 2.05) is 36.4 Å². The molecule has 0 saturated carbocycles. The van der Waals surface area contributed by atoms with Crippen molar-refractivity contribution in [3.63, 3.8) is 0 Å². The first-order chi connectivity index (χ1) is 12.6. The largest absolute Gasteiger partial charge is 0.395 e. The van der Waals surface area contributed by atoms with Gasteiger partial charge in [-0.3, -0.25) is 9.69 Å². The number of hydrogen-bond acceptors (Lipinski definition) is 3. The van der Waals surface area contributed by atoms with Crippen molar-refractivity contribution in [3.8, 4) is 0 Å². The van der Waals surface area contributed by atoms with E-state index in [0.29, 0.717) is 12.5 Å². The molecular formula is C23H29NO2. The quantitative estimate of drug-likeness (QED) is 0.800. The first kappa shape index (κ1) is 18.8. The normalized spacial score (nSPS) is 22.3. The molecule has 1 aliphatic rings. The van der Waals surface area contributed by atoms with Crippen LogP contribution < -0.4 is 0 Å². The second-order valence-electron chi connectivity index (χ2n) is 7.63. The van der Waals surface area contributed by atoms with Crippen molar-refractivity contribution >= 4 is 5.78 Å². The molecule has 0 amide bonds. The monoisotopic (exact) mass is 351 g/mol. The van der Waals surface area contributed by atoms with Crippen LogP contribution in [-0.2, 0) is 0 Å². The topological polar surface area (TPSA) is 40.5 Å². The maximum absolute atomic E-state index is 13.3. The lowest BCUT2D eigenvalue weighted by Crippen LogP contribution is -2.50. The van der Waals surface area contributed by atoms with Crippen molar-refractivity contribution in [2.24, 2.45) is 11.8 Å². The summed E-state index contributed by atoms with van der Waals surface area (Å²) in [5.41, 5.74) is 2.02. The zero-order valence-electron chi connectivity index (χ0n) is 15.7. The van der Waals surface area contributed by atoms with E-state index in [1.54, 1.807) is 0 Å². The summed E-state index contributed by atoms with van der Waals surface area (Å²) in [6, 6.07) is 20.1. The van der Waals surface area contributed by atoms with E-state index in [0.717, 1.165) is 18.5 Å². The van der Waals surface area contributed by atoms with Gasteiger partial charge in [0.25, 0.3) is 0 Å². The van der Waals surface area contributed by atoms with E-state index in [1.165, 1.54) is 5.56 Å². The van der Waals surface area contributed by atoms with E-state index in [4.69, 9.17) is 0 Å². The Balaban J connectivity index is 1.90. The van der Waals surface area contributed by atoms with Crippen molar-refractivity contribution in [2.75, 3.05) is 19.7 Å². The van der Waals surface area contributed by atoms with E-state index in [9.17, 15) is 9.90 Å². The van der Waals surface area contributed by atoms with Crippen LogP contribution in [0.15, 0.2) is 60.7 Å². The molecule has 0 radical (unpaired) electrons. The maximum Gasteiger partial charge on any atom is 0.167 e. The Labute approximate surface area is 156 Å². The minimum atomic E-state index is -0.0821. The number of aliphatic hydroxyl groups is 1. The Bertz CT molecular complexity index is 699. The molecule has 26 heavy (non-hydrogen) atoms. The van der Waals surface area contributed by atoms with Crippen LogP contribution in [0.5, 0.6) is 0 Å². The molecule has 3 atom stereocenters. The van der Waals surface area contributed by atoms with Gasteiger partial charge in [-0.25, -0.2) is 0 Å². The molecule has 1 saturated heterocycles.